The molecule has 1 heterocycles. The Balaban J connectivity index is 1.74. The predicted octanol–water partition coefficient (Wildman–Crippen LogP) is 5.83. The number of benzene rings is 5. The van der Waals surface area contributed by atoms with E-state index in [1.54, 1.807) is 30.3 Å². The zero-order valence-electron chi connectivity index (χ0n) is 24.6. The van der Waals surface area contributed by atoms with Crippen LogP contribution in [0.5, 0.6) is 5.75 Å². The van der Waals surface area contributed by atoms with Crippen molar-refractivity contribution >= 4 is 56.6 Å². The van der Waals surface area contributed by atoms with Crippen molar-refractivity contribution in [1.82, 2.24) is 4.73 Å². The molecule has 0 atom stereocenters. The van der Waals surface area contributed by atoms with Gasteiger partial charge in [-0.3, -0.25) is 4.79 Å². The molecule has 0 fully saturated rings. The Kier molecular flexibility index (Phi) is 7.28. The number of aromatic nitrogens is 2. The number of rotatable bonds is 6. The highest BCUT2D eigenvalue weighted by Crippen LogP contribution is 2.50. The number of carbonyl (C=O) groups is 1. The van der Waals surface area contributed by atoms with Gasteiger partial charge in [0, 0.05) is 16.5 Å². The number of hydrogen-bond donors (Lipinski definition) is 1. The molecule has 5 aromatic carbocycles. The fourth-order valence-electron chi connectivity index (χ4n) is 6.27. The number of para-hydroxylation sites is 2. The quantitative estimate of drug-likeness (QED) is 0.147. The Morgan fingerprint density at radius 2 is 1.22 bits per heavy atom. The van der Waals surface area contributed by atoms with E-state index < -0.39 is 6.89 Å². The van der Waals surface area contributed by atoms with Crippen molar-refractivity contribution < 1.29 is 19.2 Å². The molecule has 6 aromatic rings. The average Bonchev–Trinajstić information content (AvgIpc) is 3.10. The number of ketones is 1. The number of ether oxygens (including phenoxy) is 1. The molecule has 1 aliphatic carbocycles. The topological polar surface area (TPSA) is 74.4 Å². The van der Waals surface area contributed by atoms with Crippen LogP contribution in [0.15, 0.2) is 140 Å². The van der Waals surface area contributed by atoms with Crippen LogP contribution >= 0.6 is 6.89 Å². The van der Waals surface area contributed by atoms with Gasteiger partial charge in [-0.05, 0) is 59.6 Å². The van der Waals surface area contributed by atoms with Crippen LogP contribution in [0.3, 0.4) is 0 Å². The van der Waals surface area contributed by atoms with Gasteiger partial charge in [-0.25, -0.2) is 0 Å². The fourth-order valence-corrected chi connectivity index (χ4v) is 10.7. The molecule has 45 heavy (non-hydrogen) atoms. The van der Waals surface area contributed by atoms with Crippen molar-refractivity contribution in [1.29, 1.82) is 0 Å². The minimum Gasteiger partial charge on any atom is -0.494 e. The van der Waals surface area contributed by atoms with Gasteiger partial charge in [-0.2, -0.15) is 4.73 Å². The van der Waals surface area contributed by atoms with Gasteiger partial charge in [-0.1, -0.05) is 115 Å². The molecule has 7 heteroatoms. The van der Waals surface area contributed by atoms with Crippen LogP contribution in [0.4, 0.5) is 0 Å². The minimum atomic E-state index is -3.06. The molecule has 1 N–H and O–H groups in total. The SMILES string of the molecule is CCOc1ccc(C2=Cc3c([n+](=O)c4ccccc4n3O)C(=P(c3ccccc3)(c3ccccc3)c3ccccc3)C2=O)cc1. The molecule has 220 valence electrons. The van der Waals surface area contributed by atoms with Gasteiger partial charge in [0.25, 0.3) is 5.52 Å². The summed E-state index contributed by atoms with van der Waals surface area (Å²) >= 11 is 0. The van der Waals surface area contributed by atoms with Gasteiger partial charge >= 0.3 is 5.69 Å². The summed E-state index contributed by atoms with van der Waals surface area (Å²) in [6.45, 7) is -0.626. The number of allylic oxidation sites excluding steroid dienone is 1. The highest BCUT2D eigenvalue weighted by Gasteiger charge is 2.45. The van der Waals surface area contributed by atoms with Gasteiger partial charge < -0.3 is 9.94 Å². The van der Waals surface area contributed by atoms with Crippen molar-refractivity contribution in [2.24, 2.45) is 0 Å². The molecule has 1 aliphatic rings. The number of hydrogen-bond acceptors (Lipinski definition) is 4. The lowest BCUT2D eigenvalue weighted by molar-refractivity contribution is -0.466. The van der Waals surface area contributed by atoms with E-state index in [1.165, 1.54) is 0 Å². The molecule has 7 rings (SSSR count). The predicted molar refractivity (Wildman–Crippen MR) is 182 cm³/mol. The van der Waals surface area contributed by atoms with E-state index in [0.29, 0.717) is 34.3 Å². The molecule has 0 spiro atoms. The van der Waals surface area contributed by atoms with Crippen molar-refractivity contribution in [3.63, 3.8) is 0 Å². The maximum atomic E-state index is 15.3. The smallest absolute Gasteiger partial charge is 0.302 e. The van der Waals surface area contributed by atoms with E-state index in [1.807, 2.05) is 122 Å². The third kappa shape index (κ3) is 4.54. The Morgan fingerprint density at radius 3 is 1.76 bits per heavy atom. The van der Waals surface area contributed by atoms with E-state index in [4.69, 9.17) is 4.74 Å². The lowest BCUT2D eigenvalue weighted by Gasteiger charge is -2.32. The van der Waals surface area contributed by atoms with E-state index in [0.717, 1.165) is 25.1 Å². The van der Waals surface area contributed by atoms with Crippen LogP contribution in [0.2, 0.25) is 0 Å². The molecular weight excluding hydrogens is 579 g/mol. The summed E-state index contributed by atoms with van der Waals surface area (Å²) in [6, 6.07) is 44.1. The summed E-state index contributed by atoms with van der Waals surface area (Å²) in [5.74, 6) is 0.423. The highest BCUT2D eigenvalue weighted by atomic mass is 31.2. The lowest BCUT2D eigenvalue weighted by atomic mass is 9.92. The third-order valence-electron chi connectivity index (χ3n) is 8.21. The Hall–Kier alpha value is -5.45. The largest absolute Gasteiger partial charge is 0.494 e. The van der Waals surface area contributed by atoms with Gasteiger partial charge in [0.2, 0.25) is 5.78 Å². The molecule has 0 unspecified atom stereocenters. The van der Waals surface area contributed by atoms with Crippen LogP contribution in [0.25, 0.3) is 22.7 Å². The minimum absolute atomic E-state index is 0.140. The molecule has 6 nitrogen and oxygen atoms in total. The van der Waals surface area contributed by atoms with Crippen molar-refractivity contribution in [3.05, 3.63) is 161 Å². The fraction of sp³-hybridized carbons (Fsp3) is 0.0526. The summed E-state index contributed by atoms with van der Waals surface area (Å²) in [5.41, 5.74) is 2.02. The summed E-state index contributed by atoms with van der Waals surface area (Å²) < 4.78 is 7.53. The first-order valence-corrected chi connectivity index (χ1v) is 16.6. The Bertz CT molecular complexity index is 2100. The first-order chi connectivity index (χ1) is 22.1. The van der Waals surface area contributed by atoms with E-state index in [2.05, 4.69) is 0 Å². The Labute approximate surface area is 260 Å². The van der Waals surface area contributed by atoms with Crippen molar-refractivity contribution in [3.8, 4) is 5.75 Å². The number of carbonyl (C=O) groups excluding carboxylic acids is 1. The van der Waals surface area contributed by atoms with Crippen LogP contribution < -0.4 is 25.1 Å². The monoisotopic (exact) mass is 609 g/mol. The second kappa shape index (κ2) is 11.6. The van der Waals surface area contributed by atoms with Crippen LogP contribution in [-0.4, -0.2) is 27.6 Å². The van der Waals surface area contributed by atoms with Gasteiger partial charge in [-0.15, -0.1) is 0 Å². The summed E-state index contributed by atoms with van der Waals surface area (Å²) in [4.78, 5) is 29.9. The average molecular weight is 610 g/mol. The standard InChI is InChI=1S/C38H30N2O4P/c1-2-44-28-24-22-27(23-25-28)32-26-35-36(40(43)34-21-13-12-20-33(34)39(35)42)38(37(32)41)45(29-14-6-3-7-15-29,30-16-8-4-9-17-30)31-18-10-5-11-19-31/h3-26,42H,2H2,1H3/q+1. The van der Waals surface area contributed by atoms with E-state index >= 15 is 4.79 Å². The maximum absolute atomic E-state index is 15.3. The third-order valence-corrected chi connectivity index (χ3v) is 12.5. The van der Waals surface area contributed by atoms with Gasteiger partial charge in [0.05, 0.1) is 11.0 Å². The first-order valence-electron chi connectivity index (χ1n) is 14.8. The molecule has 0 saturated heterocycles. The van der Waals surface area contributed by atoms with Crippen LogP contribution in [-0.2, 0) is 4.79 Å². The summed E-state index contributed by atoms with van der Waals surface area (Å²) in [5, 5.41) is 14.9. The molecule has 0 bridgehead atoms. The first kappa shape index (κ1) is 28.3. The lowest BCUT2D eigenvalue weighted by Crippen LogP contribution is -2.42. The normalized spacial score (nSPS) is 13.0. The van der Waals surface area contributed by atoms with Crippen molar-refractivity contribution in [2.45, 2.75) is 6.92 Å². The summed E-state index contributed by atoms with van der Waals surface area (Å²) in [7, 11) is 0. The number of fused-ring (bicyclic) bond motifs is 2. The second-order valence-corrected chi connectivity index (χ2v) is 14.0. The van der Waals surface area contributed by atoms with Crippen molar-refractivity contribution in [2.75, 3.05) is 6.61 Å². The van der Waals surface area contributed by atoms with E-state index in [-0.39, 0.29) is 22.7 Å². The van der Waals surface area contributed by atoms with Gasteiger partial charge in [0.1, 0.15) is 11.0 Å². The molecule has 0 amide bonds. The Morgan fingerprint density at radius 1 is 0.711 bits per heavy atom. The molecule has 0 aliphatic heterocycles. The molecule has 0 saturated carbocycles. The highest BCUT2D eigenvalue weighted by molar-refractivity contribution is 7.97. The maximum Gasteiger partial charge on any atom is 0.302 e. The molecular formula is C38H30N2O4P+. The molecule has 1 aromatic heterocycles. The number of Topliss-reactive ketones (excluding diaryl/α,β-unsaturated/α-hetero) is 1. The van der Waals surface area contributed by atoms with Crippen LogP contribution in [0, 0.1) is 4.91 Å². The zero-order valence-corrected chi connectivity index (χ0v) is 25.5. The summed E-state index contributed by atoms with van der Waals surface area (Å²) in [6.07, 6.45) is 1.63. The van der Waals surface area contributed by atoms with Gasteiger partial charge in [0.15, 0.2) is 11.2 Å². The van der Waals surface area contributed by atoms with E-state index in [9.17, 15) is 10.1 Å². The zero-order chi connectivity index (χ0) is 31.0. The second-order valence-electron chi connectivity index (χ2n) is 10.7. The van der Waals surface area contributed by atoms with Crippen LogP contribution in [0.1, 0.15) is 23.9 Å². The number of nitrogens with zero attached hydrogens (tertiary/aromatic N) is 2. The molecule has 0 radical (unpaired) electrons.